The lowest BCUT2D eigenvalue weighted by atomic mass is 10.1. The second kappa shape index (κ2) is 6.53. The van der Waals surface area contributed by atoms with Gasteiger partial charge < -0.3 is 10.4 Å². The zero-order valence-corrected chi connectivity index (χ0v) is 12.5. The maximum Gasteiger partial charge on any atom is 0.305 e. The highest BCUT2D eigenvalue weighted by Gasteiger charge is 2.32. The molecule has 1 aromatic carbocycles. The molecule has 0 bridgehead atoms. The lowest BCUT2D eigenvalue weighted by Crippen LogP contribution is -2.26. The van der Waals surface area contributed by atoms with Crippen molar-refractivity contribution in [3.63, 3.8) is 0 Å². The van der Waals surface area contributed by atoms with Gasteiger partial charge in [-0.25, -0.2) is 0 Å². The van der Waals surface area contributed by atoms with Gasteiger partial charge in [0.2, 0.25) is 5.91 Å². The Balaban J connectivity index is 2.03. The van der Waals surface area contributed by atoms with E-state index in [0.717, 1.165) is 22.9 Å². The Bertz CT molecular complexity index is 640. The number of amides is 1. The van der Waals surface area contributed by atoms with E-state index >= 15 is 0 Å². The number of nitrogens with zero attached hydrogens (tertiary/aromatic N) is 2. The third kappa shape index (κ3) is 4.16. The number of aliphatic carboxylic acids is 1. The van der Waals surface area contributed by atoms with E-state index in [2.05, 4.69) is 15.5 Å². The molecule has 7 heteroatoms. The standard InChI is InChI=1S/C14H15N3O3S/c1-8-3-4-10(9(2)5-8)7-15-17-14-16-13(20)11(21-14)6-12(18)19/h3-5,7,11H,6H2,1-2H3,(H,18,19)(H,16,17,20). The van der Waals surface area contributed by atoms with Gasteiger partial charge in [0.15, 0.2) is 5.17 Å². The molecule has 1 aromatic rings. The van der Waals surface area contributed by atoms with Crippen molar-refractivity contribution in [1.82, 2.24) is 5.32 Å². The van der Waals surface area contributed by atoms with Gasteiger partial charge >= 0.3 is 5.97 Å². The van der Waals surface area contributed by atoms with Crippen molar-refractivity contribution < 1.29 is 14.7 Å². The smallest absolute Gasteiger partial charge is 0.305 e. The van der Waals surface area contributed by atoms with E-state index < -0.39 is 11.2 Å². The molecular weight excluding hydrogens is 290 g/mol. The Hall–Kier alpha value is -2.15. The van der Waals surface area contributed by atoms with Crippen LogP contribution in [0.5, 0.6) is 0 Å². The van der Waals surface area contributed by atoms with Crippen molar-refractivity contribution in [3.8, 4) is 0 Å². The van der Waals surface area contributed by atoms with E-state index in [0.29, 0.717) is 5.17 Å². The summed E-state index contributed by atoms with van der Waals surface area (Å²) in [5.74, 6) is -1.36. The molecule has 1 heterocycles. The molecule has 1 atom stereocenters. The molecule has 1 aliphatic heterocycles. The third-order valence-corrected chi connectivity index (χ3v) is 3.98. The summed E-state index contributed by atoms with van der Waals surface area (Å²) in [6, 6.07) is 5.97. The summed E-state index contributed by atoms with van der Waals surface area (Å²) in [6.07, 6.45) is 1.38. The maximum atomic E-state index is 11.5. The molecule has 1 amide bonds. The highest BCUT2D eigenvalue weighted by atomic mass is 32.2. The predicted octanol–water partition coefficient (Wildman–Crippen LogP) is 1.70. The number of amidine groups is 1. The van der Waals surface area contributed by atoms with Gasteiger partial charge in [0.1, 0.15) is 5.25 Å². The van der Waals surface area contributed by atoms with Crippen molar-refractivity contribution in [2.75, 3.05) is 0 Å². The van der Waals surface area contributed by atoms with Crippen LogP contribution in [0.15, 0.2) is 28.4 Å². The Morgan fingerprint density at radius 2 is 2.24 bits per heavy atom. The number of nitrogens with one attached hydrogen (secondary N) is 1. The quantitative estimate of drug-likeness (QED) is 0.654. The summed E-state index contributed by atoms with van der Waals surface area (Å²) >= 11 is 1.08. The first-order chi connectivity index (χ1) is 9.95. The molecule has 1 unspecified atom stereocenters. The van der Waals surface area contributed by atoms with E-state index in [1.54, 1.807) is 6.21 Å². The van der Waals surface area contributed by atoms with E-state index in [1.165, 1.54) is 5.56 Å². The fraction of sp³-hybridized carbons (Fsp3) is 0.286. The monoisotopic (exact) mass is 305 g/mol. The van der Waals surface area contributed by atoms with Gasteiger partial charge in [-0.15, -0.1) is 5.10 Å². The zero-order valence-electron chi connectivity index (χ0n) is 11.7. The molecule has 21 heavy (non-hydrogen) atoms. The summed E-state index contributed by atoms with van der Waals surface area (Å²) in [5.41, 5.74) is 3.21. The Morgan fingerprint density at radius 1 is 1.48 bits per heavy atom. The van der Waals surface area contributed by atoms with E-state index in [-0.39, 0.29) is 12.3 Å². The molecule has 0 radical (unpaired) electrons. The first kappa shape index (κ1) is 15.2. The zero-order chi connectivity index (χ0) is 15.4. The topological polar surface area (TPSA) is 91.1 Å². The third-order valence-electron chi connectivity index (χ3n) is 2.91. The van der Waals surface area contributed by atoms with Crippen LogP contribution < -0.4 is 5.32 Å². The van der Waals surface area contributed by atoms with E-state index in [4.69, 9.17) is 5.11 Å². The van der Waals surface area contributed by atoms with Crippen molar-refractivity contribution in [2.45, 2.75) is 25.5 Å². The SMILES string of the molecule is Cc1ccc(C=NN=C2NC(=O)C(CC(=O)O)S2)c(C)c1. The van der Waals surface area contributed by atoms with Gasteiger partial charge in [-0.1, -0.05) is 35.5 Å². The van der Waals surface area contributed by atoms with Crippen LogP contribution in [0, 0.1) is 13.8 Å². The van der Waals surface area contributed by atoms with Crippen LogP contribution >= 0.6 is 11.8 Å². The Kier molecular flexibility index (Phi) is 4.74. The van der Waals surface area contributed by atoms with Crippen molar-refractivity contribution in [3.05, 3.63) is 34.9 Å². The average molecular weight is 305 g/mol. The summed E-state index contributed by atoms with van der Waals surface area (Å²) in [4.78, 5) is 22.1. The minimum Gasteiger partial charge on any atom is -0.481 e. The lowest BCUT2D eigenvalue weighted by molar-refractivity contribution is -0.138. The van der Waals surface area contributed by atoms with Crippen molar-refractivity contribution in [1.29, 1.82) is 0 Å². The number of aryl methyl sites for hydroxylation is 2. The van der Waals surface area contributed by atoms with Gasteiger partial charge in [-0.05, 0) is 25.0 Å². The number of hydrogen-bond acceptors (Lipinski definition) is 5. The van der Waals surface area contributed by atoms with Gasteiger partial charge in [0, 0.05) is 0 Å². The van der Waals surface area contributed by atoms with Gasteiger partial charge in [0.25, 0.3) is 0 Å². The maximum absolute atomic E-state index is 11.5. The Morgan fingerprint density at radius 3 is 2.90 bits per heavy atom. The molecule has 1 saturated heterocycles. The van der Waals surface area contributed by atoms with Gasteiger partial charge in [0.05, 0.1) is 12.6 Å². The first-order valence-electron chi connectivity index (χ1n) is 6.33. The Labute approximate surface area is 126 Å². The molecule has 6 nitrogen and oxygen atoms in total. The normalized spacial score (nSPS) is 20.2. The number of benzene rings is 1. The fourth-order valence-corrected chi connectivity index (χ4v) is 2.77. The van der Waals surface area contributed by atoms with E-state index in [9.17, 15) is 9.59 Å². The summed E-state index contributed by atoms with van der Waals surface area (Å²) in [7, 11) is 0. The molecule has 1 fully saturated rings. The van der Waals surface area contributed by atoms with Gasteiger partial charge in [-0.2, -0.15) is 5.10 Å². The molecule has 2 N–H and O–H groups in total. The number of thioether (sulfide) groups is 1. The number of rotatable bonds is 4. The summed E-state index contributed by atoms with van der Waals surface area (Å²) in [5, 5.41) is 18.8. The predicted molar refractivity (Wildman–Crippen MR) is 82.7 cm³/mol. The van der Waals surface area contributed by atoms with Crippen LogP contribution in [0.25, 0.3) is 0 Å². The highest BCUT2D eigenvalue weighted by molar-refractivity contribution is 8.15. The molecule has 0 spiro atoms. The van der Waals surface area contributed by atoms with Crippen LogP contribution in [-0.2, 0) is 9.59 Å². The summed E-state index contributed by atoms with van der Waals surface area (Å²) < 4.78 is 0. The second-order valence-electron chi connectivity index (χ2n) is 4.70. The highest BCUT2D eigenvalue weighted by Crippen LogP contribution is 2.22. The minimum atomic E-state index is -1.01. The van der Waals surface area contributed by atoms with Crippen LogP contribution in [0.3, 0.4) is 0 Å². The molecular formula is C14H15N3O3S. The van der Waals surface area contributed by atoms with Crippen LogP contribution in [0.1, 0.15) is 23.1 Å². The van der Waals surface area contributed by atoms with Crippen molar-refractivity contribution in [2.24, 2.45) is 10.2 Å². The minimum absolute atomic E-state index is 0.226. The molecule has 0 aromatic heterocycles. The second-order valence-corrected chi connectivity index (χ2v) is 5.89. The van der Waals surface area contributed by atoms with Crippen LogP contribution in [-0.4, -0.2) is 33.6 Å². The number of carbonyl (C=O) groups is 2. The lowest BCUT2D eigenvalue weighted by Gasteiger charge is -2.00. The largest absolute Gasteiger partial charge is 0.481 e. The molecule has 110 valence electrons. The number of carboxylic acid groups (broad SMARTS) is 1. The number of carbonyl (C=O) groups excluding carboxylic acids is 1. The molecule has 0 aliphatic carbocycles. The molecule has 2 rings (SSSR count). The fourth-order valence-electron chi connectivity index (χ4n) is 1.86. The summed E-state index contributed by atoms with van der Waals surface area (Å²) in [6.45, 7) is 4.00. The number of carboxylic acids is 1. The number of hydrogen-bond donors (Lipinski definition) is 2. The van der Waals surface area contributed by atoms with Crippen molar-refractivity contribution >= 4 is 35.0 Å². The average Bonchev–Trinajstić information content (AvgIpc) is 2.72. The van der Waals surface area contributed by atoms with Crippen LogP contribution in [0.2, 0.25) is 0 Å². The molecule has 1 aliphatic rings. The van der Waals surface area contributed by atoms with Gasteiger partial charge in [-0.3, -0.25) is 9.59 Å². The van der Waals surface area contributed by atoms with Crippen LogP contribution in [0.4, 0.5) is 0 Å². The first-order valence-corrected chi connectivity index (χ1v) is 7.21. The molecule has 0 saturated carbocycles. The van der Waals surface area contributed by atoms with E-state index in [1.807, 2.05) is 32.0 Å².